The number of hydrogen-bond acceptors (Lipinski definition) is 4. The van der Waals surface area contributed by atoms with Crippen LogP contribution in [0, 0.1) is 12.8 Å². The first-order valence-corrected chi connectivity index (χ1v) is 26.7. The molecule has 0 amide bonds. The smallest absolute Gasteiger partial charge is 0.160 e. The molecule has 76 heavy (non-hydrogen) atoms. The summed E-state index contributed by atoms with van der Waals surface area (Å²) in [5, 5.41) is 8.46. The van der Waals surface area contributed by atoms with E-state index in [0.29, 0.717) is 0 Å². The normalized spacial score (nSPS) is 16.1. The number of aromatic nitrogens is 4. The van der Waals surface area contributed by atoms with Crippen LogP contribution in [0.25, 0.3) is 144 Å². The monoisotopic (exact) mass is 968 g/mol. The molecule has 0 radical (unpaired) electrons. The Morgan fingerprint density at radius 2 is 0.934 bits per heavy atom. The summed E-state index contributed by atoms with van der Waals surface area (Å²) < 4.78 is 0. The first kappa shape index (κ1) is 43.1. The molecule has 3 heterocycles. The molecule has 0 bridgehead atoms. The molecule has 0 aliphatic heterocycles. The number of para-hydroxylation sites is 2. The molecule has 0 saturated carbocycles. The predicted molar refractivity (Wildman–Crippen MR) is 315 cm³/mol. The molecule has 3 unspecified atom stereocenters. The van der Waals surface area contributed by atoms with Crippen molar-refractivity contribution in [2.24, 2.45) is 5.92 Å². The van der Waals surface area contributed by atoms with Crippen LogP contribution in [0.2, 0.25) is 0 Å². The summed E-state index contributed by atoms with van der Waals surface area (Å²) >= 11 is 0. The summed E-state index contributed by atoms with van der Waals surface area (Å²) in [7, 11) is 0. The summed E-state index contributed by atoms with van der Waals surface area (Å²) in [6.45, 7) is 4.62. The topological polar surface area (TPSA) is 51.6 Å². The number of nitrogens with zero attached hydrogens (tertiary/aromatic N) is 4. The van der Waals surface area contributed by atoms with Gasteiger partial charge in [-0.1, -0.05) is 195 Å². The number of pyridine rings is 2. The van der Waals surface area contributed by atoms with Gasteiger partial charge in [0.05, 0.1) is 22.2 Å². The van der Waals surface area contributed by atoms with Crippen LogP contribution in [0.4, 0.5) is 0 Å². The maximum Gasteiger partial charge on any atom is 0.160 e. The minimum Gasteiger partial charge on any atom is -0.256 e. The van der Waals surface area contributed by atoms with E-state index in [9.17, 15) is 0 Å². The highest BCUT2D eigenvalue weighted by atomic mass is 14.9. The van der Waals surface area contributed by atoms with Crippen molar-refractivity contribution in [2.45, 2.75) is 32.1 Å². The fourth-order valence-corrected chi connectivity index (χ4v) is 13.6. The molecule has 0 saturated heterocycles. The second-order valence-corrected chi connectivity index (χ2v) is 21.3. The molecule has 3 aromatic heterocycles. The van der Waals surface area contributed by atoms with Gasteiger partial charge in [0.2, 0.25) is 0 Å². The molecule has 3 aliphatic carbocycles. The number of aryl methyl sites for hydroxylation is 1. The van der Waals surface area contributed by atoms with Crippen LogP contribution >= 0.6 is 0 Å². The number of allylic oxidation sites excluding steroid dienone is 2. The number of fused-ring (bicyclic) bond motifs is 9. The van der Waals surface area contributed by atoms with Gasteiger partial charge in [-0.3, -0.25) is 9.97 Å². The van der Waals surface area contributed by atoms with E-state index in [1.165, 1.54) is 88.1 Å². The fourth-order valence-electron chi connectivity index (χ4n) is 13.6. The van der Waals surface area contributed by atoms with Gasteiger partial charge in [-0.25, -0.2) is 9.97 Å². The van der Waals surface area contributed by atoms with Crippen LogP contribution < -0.4 is 0 Å². The minimum absolute atomic E-state index is 0.0116. The summed E-state index contributed by atoms with van der Waals surface area (Å²) in [5.74, 6) is 1.22. The van der Waals surface area contributed by atoms with Crippen molar-refractivity contribution in [3.63, 3.8) is 0 Å². The van der Waals surface area contributed by atoms with E-state index in [2.05, 4.69) is 214 Å². The van der Waals surface area contributed by atoms with Crippen molar-refractivity contribution in [1.29, 1.82) is 0 Å². The minimum atomic E-state index is 0.0116. The first-order valence-electron chi connectivity index (χ1n) is 26.7. The van der Waals surface area contributed by atoms with Gasteiger partial charge >= 0.3 is 0 Å². The van der Waals surface area contributed by atoms with Crippen LogP contribution in [-0.2, 0) is 0 Å². The third kappa shape index (κ3) is 6.37. The Morgan fingerprint density at radius 1 is 0.382 bits per heavy atom. The lowest BCUT2D eigenvalue weighted by Crippen LogP contribution is -2.18. The molecule has 0 spiro atoms. The molecule has 10 aromatic carbocycles. The first-order chi connectivity index (χ1) is 37.5. The molecule has 3 atom stereocenters. The van der Waals surface area contributed by atoms with Crippen LogP contribution in [0.1, 0.15) is 42.0 Å². The van der Waals surface area contributed by atoms with Gasteiger partial charge < -0.3 is 0 Å². The molecule has 4 heteroatoms. The molecule has 13 aromatic rings. The van der Waals surface area contributed by atoms with Gasteiger partial charge in [0.25, 0.3) is 0 Å². The highest BCUT2D eigenvalue weighted by molar-refractivity contribution is 6.22. The van der Waals surface area contributed by atoms with Crippen LogP contribution in [0.3, 0.4) is 0 Å². The molecule has 0 fully saturated rings. The quantitative estimate of drug-likeness (QED) is 0.156. The van der Waals surface area contributed by atoms with Gasteiger partial charge in [0.1, 0.15) is 0 Å². The van der Waals surface area contributed by atoms with Crippen molar-refractivity contribution < 1.29 is 0 Å². The Balaban J connectivity index is 0.965. The zero-order valence-electron chi connectivity index (χ0n) is 42.1. The van der Waals surface area contributed by atoms with Crippen LogP contribution in [0.5, 0.6) is 0 Å². The molecule has 356 valence electrons. The van der Waals surface area contributed by atoms with Crippen LogP contribution in [-0.4, -0.2) is 19.9 Å². The van der Waals surface area contributed by atoms with Gasteiger partial charge in [0.15, 0.2) is 5.82 Å². The SMILES string of the molecule is Cc1cc(-c2cccc3cccnc23)ccc1-c1nc(C2C=CC(c3cccc4cccnc34)CC2C)c2cc(-c3ccc4c5c(cccc35)-c3ccccc3-4)cc(-c3ccc4c5c(cccc35)-c3ccccc3-4)c2n1. The Kier molecular flexibility index (Phi) is 9.38. The summed E-state index contributed by atoms with van der Waals surface area (Å²) in [6, 6.07) is 73.8. The molecule has 4 nitrogen and oxygen atoms in total. The van der Waals surface area contributed by atoms with E-state index in [0.717, 1.165) is 78.6 Å². The zero-order valence-corrected chi connectivity index (χ0v) is 42.1. The van der Waals surface area contributed by atoms with Crippen molar-refractivity contribution in [3.05, 3.63) is 242 Å². The summed E-state index contributed by atoms with van der Waals surface area (Å²) in [4.78, 5) is 21.4. The third-order valence-corrected chi connectivity index (χ3v) is 17.1. The summed E-state index contributed by atoms with van der Waals surface area (Å²) in [5.41, 5.74) is 24.7. The fraction of sp³-hybridized carbons (Fsp3) is 0.0833. The predicted octanol–water partition coefficient (Wildman–Crippen LogP) is 18.8. The Labute approximate surface area is 440 Å². The zero-order chi connectivity index (χ0) is 50.2. The maximum absolute atomic E-state index is 5.84. The van der Waals surface area contributed by atoms with E-state index in [-0.39, 0.29) is 17.8 Å². The Bertz CT molecular complexity index is 4610. The van der Waals surface area contributed by atoms with Crippen LogP contribution in [0.15, 0.2) is 225 Å². The van der Waals surface area contributed by atoms with Gasteiger partial charge in [-0.05, 0) is 143 Å². The van der Waals surface area contributed by atoms with E-state index >= 15 is 0 Å². The van der Waals surface area contributed by atoms with Crippen molar-refractivity contribution in [2.75, 3.05) is 0 Å². The van der Waals surface area contributed by atoms with E-state index in [1.54, 1.807) is 0 Å². The third-order valence-electron chi connectivity index (χ3n) is 17.1. The highest BCUT2D eigenvalue weighted by Crippen LogP contribution is 2.53. The lowest BCUT2D eigenvalue weighted by molar-refractivity contribution is 0.437. The van der Waals surface area contributed by atoms with Crippen molar-refractivity contribution in [3.8, 4) is 89.3 Å². The van der Waals surface area contributed by atoms with Gasteiger partial charge in [-0.2, -0.15) is 0 Å². The van der Waals surface area contributed by atoms with Crippen molar-refractivity contribution >= 4 is 54.3 Å². The van der Waals surface area contributed by atoms with Gasteiger partial charge in [0, 0.05) is 57.1 Å². The lowest BCUT2D eigenvalue weighted by Gasteiger charge is -2.31. The molecular weight excluding hydrogens is 921 g/mol. The number of hydrogen-bond donors (Lipinski definition) is 0. The van der Waals surface area contributed by atoms with Crippen molar-refractivity contribution in [1.82, 2.24) is 19.9 Å². The standard InChI is InChI=1S/C72H48N4/c1-41-37-45(51-21-7-13-43-15-11-35-73-68(43)51)27-29-48(41)70-65-40-47(50-31-33-62-55-19-5-3-17-53(55)59-24-9-23-58(50)66(59)62)39-64(57-32-34-63-56-20-6-4-18-54(56)60-25-10-26-61(57)67(60)63)71(65)76-72(75-70)49-30-28-46(38-42(49)2)52-22-8-14-44-16-12-36-74-69(44)52/h3-36,38-41,45,48H,37H2,1-2H3. The second-order valence-electron chi connectivity index (χ2n) is 21.3. The molecule has 16 rings (SSSR count). The summed E-state index contributed by atoms with van der Waals surface area (Å²) in [6.07, 6.45) is 9.65. The number of rotatable bonds is 6. The molecule has 3 aliphatic rings. The van der Waals surface area contributed by atoms with E-state index in [4.69, 9.17) is 19.9 Å². The van der Waals surface area contributed by atoms with E-state index in [1.807, 2.05) is 24.5 Å². The van der Waals surface area contributed by atoms with Gasteiger partial charge in [-0.15, -0.1) is 0 Å². The molecule has 0 N–H and O–H groups in total. The van der Waals surface area contributed by atoms with E-state index < -0.39 is 0 Å². The lowest BCUT2D eigenvalue weighted by atomic mass is 9.75. The number of benzene rings is 10. The molecular formula is C72H48N4. The highest BCUT2D eigenvalue weighted by Gasteiger charge is 2.32. The Morgan fingerprint density at radius 3 is 1.62 bits per heavy atom. The second kappa shape index (κ2) is 16.6. The largest absolute Gasteiger partial charge is 0.256 e. The average molecular weight is 969 g/mol. The maximum atomic E-state index is 5.84. The Hall–Kier alpha value is -9.38. The average Bonchev–Trinajstić information content (AvgIpc) is 3.99.